The summed E-state index contributed by atoms with van der Waals surface area (Å²) in [5.74, 6) is 0. The summed E-state index contributed by atoms with van der Waals surface area (Å²) in [6.45, 7) is 3.29. The van der Waals surface area contributed by atoms with Crippen LogP contribution in [-0.2, 0) is 11.3 Å². The molecule has 0 radical (unpaired) electrons. The van der Waals surface area contributed by atoms with Gasteiger partial charge in [-0.2, -0.15) is 4.98 Å². The summed E-state index contributed by atoms with van der Waals surface area (Å²) in [6.07, 6.45) is 2.84. The zero-order chi connectivity index (χ0) is 10.8. The molecule has 2 N–H and O–H groups in total. The summed E-state index contributed by atoms with van der Waals surface area (Å²) >= 11 is 0. The van der Waals surface area contributed by atoms with Gasteiger partial charge >= 0.3 is 0 Å². The largest absolute Gasteiger partial charge is 0.432 e. The van der Waals surface area contributed by atoms with E-state index in [0.29, 0.717) is 18.6 Å². The average molecular weight is 211 g/mol. The number of rotatable bonds is 3. The Balaban J connectivity index is 2.09. The molecule has 1 aliphatic rings. The third-order valence-corrected chi connectivity index (χ3v) is 2.88. The van der Waals surface area contributed by atoms with Crippen molar-refractivity contribution in [1.82, 2.24) is 4.98 Å². The van der Waals surface area contributed by atoms with E-state index in [4.69, 9.17) is 14.9 Å². The molecule has 0 bridgehead atoms. The lowest BCUT2D eigenvalue weighted by Crippen LogP contribution is -2.36. The van der Waals surface area contributed by atoms with Crippen molar-refractivity contribution in [1.29, 1.82) is 0 Å². The topological polar surface area (TPSA) is 64.5 Å². The highest BCUT2D eigenvalue weighted by molar-refractivity contribution is 5.28. The van der Waals surface area contributed by atoms with Crippen molar-refractivity contribution in [2.45, 2.75) is 32.0 Å². The maximum atomic E-state index is 5.51. The number of likely N-dealkylation sites (N-methyl/N-ethyl adjacent to an activating group) is 1. The Morgan fingerprint density at radius 1 is 1.67 bits per heavy atom. The van der Waals surface area contributed by atoms with Gasteiger partial charge in [0.05, 0.1) is 17.8 Å². The van der Waals surface area contributed by atoms with Crippen LogP contribution in [0.3, 0.4) is 0 Å². The maximum Gasteiger partial charge on any atom is 0.297 e. The first-order chi connectivity index (χ1) is 7.22. The highest BCUT2D eigenvalue weighted by Gasteiger charge is 2.30. The molecule has 15 heavy (non-hydrogen) atoms. The van der Waals surface area contributed by atoms with Gasteiger partial charge < -0.3 is 19.8 Å². The van der Waals surface area contributed by atoms with Crippen molar-refractivity contribution < 1.29 is 9.15 Å². The number of ether oxygens (including phenoxy) is 1. The van der Waals surface area contributed by atoms with Crippen molar-refractivity contribution in [2.75, 3.05) is 18.6 Å². The molecule has 5 nitrogen and oxygen atoms in total. The number of nitrogens with two attached hydrogens (primary N) is 1. The first-order valence-corrected chi connectivity index (χ1v) is 5.21. The van der Waals surface area contributed by atoms with Gasteiger partial charge in [0.15, 0.2) is 0 Å². The molecule has 2 unspecified atom stereocenters. The van der Waals surface area contributed by atoms with Crippen LogP contribution in [0.5, 0.6) is 0 Å². The molecule has 0 aromatic carbocycles. The number of hydrogen-bond acceptors (Lipinski definition) is 5. The normalized spacial score (nSPS) is 25.8. The molecule has 1 saturated heterocycles. The molecule has 1 fully saturated rings. The highest BCUT2D eigenvalue weighted by atomic mass is 16.5. The molecule has 5 heteroatoms. The Morgan fingerprint density at radius 3 is 3.00 bits per heavy atom. The third-order valence-electron chi connectivity index (χ3n) is 2.88. The molecular weight excluding hydrogens is 194 g/mol. The summed E-state index contributed by atoms with van der Waals surface area (Å²) in [7, 11) is 1.97. The zero-order valence-corrected chi connectivity index (χ0v) is 9.14. The van der Waals surface area contributed by atoms with E-state index in [1.54, 1.807) is 6.26 Å². The Bertz CT molecular complexity index is 326. The van der Waals surface area contributed by atoms with Crippen LogP contribution in [0.4, 0.5) is 6.01 Å². The SMILES string of the molecule is CC1OCCC1N(C)c1nc(CN)co1. The number of oxazole rings is 1. The van der Waals surface area contributed by atoms with Gasteiger partial charge in [0.1, 0.15) is 6.26 Å². The fourth-order valence-corrected chi connectivity index (χ4v) is 1.92. The van der Waals surface area contributed by atoms with Crippen LogP contribution >= 0.6 is 0 Å². The molecule has 2 heterocycles. The molecule has 84 valence electrons. The average Bonchev–Trinajstić information content (AvgIpc) is 2.84. The first kappa shape index (κ1) is 10.4. The predicted molar refractivity (Wildman–Crippen MR) is 56.6 cm³/mol. The number of nitrogens with zero attached hydrogens (tertiary/aromatic N) is 2. The van der Waals surface area contributed by atoms with Crippen LogP contribution in [-0.4, -0.2) is 30.8 Å². The summed E-state index contributed by atoms with van der Waals surface area (Å²) in [5, 5.41) is 0. The Kier molecular flexibility index (Phi) is 2.93. The Labute approximate surface area is 89.2 Å². The Morgan fingerprint density at radius 2 is 2.47 bits per heavy atom. The minimum atomic E-state index is 0.225. The van der Waals surface area contributed by atoms with Gasteiger partial charge in [0, 0.05) is 20.2 Å². The van der Waals surface area contributed by atoms with Crippen LogP contribution in [0, 0.1) is 0 Å². The molecule has 0 amide bonds. The second-order valence-electron chi connectivity index (χ2n) is 3.87. The van der Waals surface area contributed by atoms with Crippen molar-refractivity contribution in [3.63, 3.8) is 0 Å². The summed E-state index contributed by atoms with van der Waals surface area (Å²) in [5.41, 5.74) is 6.26. The van der Waals surface area contributed by atoms with E-state index < -0.39 is 0 Å². The van der Waals surface area contributed by atoms with E-state index in [9.17, 15) is 0 Å². The molecule has 2 atom stereocenters. The first-order valence-electron chi connectivity index (χ1n) is 5.21. The van der Waals surface area contributed by atoms with E-state index in [0.717, 1.165) is 18.7 Å². The molecule has 0 saturated carbocycles. The van der Waals surface area contributed by atoms with Crippen LogP contribution in [0.1, 0.15) is 19.0 Å². The van der Waals surface area contributed by atoms with Crippen molar-refractivity contribution in [2.24, 2.45) is 5.73 Å². The van der Waals surface area contributed by atoms with Crippen molar-refractivity contribution in [3.8, 4) is 0 Å². The molecule has 2 rings (SSSR count). The second kappa shape index (κ2) is 4.20. The van der Waals surface area contributed by atoms with E-state index >= 15 is 0 Å². The quantitative estimate of drug-likeness (QED) is 0.799. The maximum absolute atomic E-state index is 5.51. The summed E-state index contributed by atoms with van der Waals surface area (Å²) < 4.78 is 10.9. The van der Waals surface area contributed by atoms with Gasteiger partial charge in [-0.3, -0.25) is 0 Å². The molecule has 1 aliphatic heterocycles. The molecule has 1 aromatic rings. The van der Waals surface area contributed by atoms with Gasteiger partial charge in [-0.05, 0) is 13.3 Å². The lowest BCUT2D eigenvalue weighted by Gasteiger charge is -2.24. The minimum absolute atomic E-state index is 0.225. The zero-order valence-electron chi connectivity index (χ0n) is 9.14. The molecule has 1 aromatic heterocycles. The van der Waals surface area contributed by atoms with E-state index in [2.05, 4.69) is 11.9 Å². The van der Waals surface area contributed by atoms with Gasteiger partial charge in [0.25, 0.3) is 6.01 Å². The van der Waals surface area contributed by atoms with E-state index in [1.165, 1.54) is 0 Å². The number of hydrogen-bond donors (Lipinski definition) is 1. The monoisotopic (exact) mass is 211 g/mol. The van der Waals surface area contributed by atoms with Crippen LogP contribution in [0.25, 0.3) is 0 Å². The van der Waals surface area contributed by atoms with E-state index in [1.807, 2.05) is 11.9 Å². The van der Waals surface area contributed by atoms with Crippen molar-refractivity contribution >= 4 is 6.01 Å². The lowest BCUT2D eigenvalue weighted by molar-refractivity contribution is 0.117. The van der Waals surface area contributed by atoms with Crippen molar-refractivity contribution in [3.05, 3.63) is 12.0 Å². The summed E-state index contributed by atoms with van der Waals surface area (Å²) in [4.78, 5) is 6.31. The number of aromatic nitrogens is 1. The fourth-order valence-electron chi connectivity index (χ4n) is 1.92. The molecular formula is C10H17N3O2. The van der Waals surface area contributed by atoms with Crippen LogP contribution in [0.15, 0.2) is 10.7 Å². The fraction of sp³-hybridized carbons (Fsp3) is 0.700. The second-order valence-corrected chi connectivity index (χ2v) is 3.87. The standard InChI is InChI=1S/C10H17N3O2/c1-7-9(3-4-14-7)13(2)10-12-8(5-11)6-15-10/h6-7,9H,3-5,11H2,1-2H3. The van der Waals surface area contributed by atoms with Crippen LogP contribution in [0.2, 0.25) is 0 Å². The van der Waals surface area contributed by atoms with Gasteiger partial charge in [0.2, 0.25) is 0 Å². The lowest BCUT2D eigenvalue weighted by atomic mass is 10.1. The highest BCUT2D eigenvalue weighted by Crippen LogP contribution is 2.23. The third kappa shape index (κ3) is 1.98. The Hall–Kier alpha value is -1.07. The van der Waals surface area contributed by atoms with Gasteiger partial charge in [-0.15, -0.1) is 0 Å². The minimum Gasteiger partial charge on any atom is -0.432 e. The molecule has 0 aliphatic carbocycles. The van der Waals surface area contributed by atoms with Gasteiger partial charge in [-0.1, -0.05) is 0 Å². The van der Waals surface area contributed by atoms with Crippen LogP contribution < -0.4 is 10.6 Å². The molecule has 0 spiro atoms. The van der Waals surface area contributed by atoms with E-state index in [-0.39, 0.29) is 6.10 Å². The van der Waals surface area contributed by atoms with Gasteiger partial charge in [-0.25, -0.2) is 0 Å². The summed E-state index contributed by atoms with van der Waals surface area (Å²) in [6, 6.07) is 0.965. The smallest absolute Gasteiger partial charge is 0.297 e. The number of anilines is 1. The predicted octanol–water partition coefficient (Wildman–Crippen LogP) is 0.747.